The first-order chi connectivity index (χ1) is 6.15. The zero-order chi connectivity index (χ0) is 9.84. The van der Waals surface area contributed by atoms with Crippen LogP contribution in [0.1, 0.15) is 6.92 Å². The zero-order valence-electron chi connectivity index (χ0n) is 7.81. The van der Waals surface area contributed by atoms with Crippen molar-refractivity contribution in [3.8, 4) is 0 Å². The van der Waals surface area contributed by atoms with Crippen molar-refractivity contribution >= 4 is 11.4 Å². The maximum atomic E-state index is 8.69. The number of hydrogen-bond acceptors (Lipinski definition) is 4. The summed E-state index contributed by atoms with van der Waals surface area (Å²) in [6, 6.07) is 6.94. The molecule has 0 unspecified atom stereocenters. The maximum Gasteiger partial charge on any atom is 0.0944 e. The van der Waals surface area contributed by atoms with Gasteiger partial charge in [0.25, 0.3) is 0 Å². The molecule has 13 heavy (non-hydrogen) atoms. The third-order valence-electron chi connectivity index (χ3n) is 2.00. The number of anilines is 2. The Morgan fingerprint density at radius 1 is 1.08 bits per heavy atom. The number of benzene rings is 1. The van der Waals surface area contributed by atoms with Gasteiger partial charge in [-0.2, -0.15) is 0 Å². The fourth-order valence-corrected chi connectivity index (χ4v) is 1.02. The van der Waals surface area contributed by atoms with Crippen molar-refractivity contribution in [1.29, 1.82) is 0 Å². The highest BCUT2D eigenvalue weighted by molar-refractivity contribution is 5.53. The van der Waals surface area contributed by atoms with E-state index in [1.54, 1.807) is 12.1 Å². The fourth-order valence-electron chi connectivity index (χ4n) is 1.02. The van der Waals surface area contributed by atoms with Crippen molar-refractivity contribution in [3.05, 3.63) is 24.3 Å². The number of rotatable bonds is 3. The first-order valence-electron chi connectivity index (χ1n) is 4.14. The Balaban J connectivity index is 2.81. The van der Waals surface area contributed by atoms with Crippen molar-refractivity contribution in [2.24, 2.45) is 0 Å². The van der Waals surface area contributed by atoms with Crippen LogP contribution in [-0.4, -0.2) is 24.0 Å². The molecule has 1 rings (SSSR count). The quantitative estimate of drug-likeness (QED) is 0.699. The van der Waals surface area contributed by atoms with Gasteiger partial charge in [-0.25, -0.2) is 0 Å². The molecule has 0 bridgehead atoms. The Labute approximate surface area is 77.5 Å². The van der Waals surface area contributed by atoms with Gasteiger partial charge in [0.2, 0.25) is 0 Å². The lowest BCUT2D eigenvalue weighted by atomic mass is 10.2. The predicted octanol–water partition coefficient (Wildman–Crippen LogP) is 1.73. The van der Waals surface area contributed by atoms with Gasteiger partial charge in [-0.1, -0.05) is 0 Å². The predicted molar refractivity (Wildman–Crippen MR) is 51.4 cm³/mol. The molecule has 0 saturated heterocycles. The Bertz CT molecular complexity index is 259. The summed E-state index contributed by atoms with van der Waals surface area (Å²) in [4.78, 5) is 2.06. The topological polar surface area (TPSA) is 46.9 Å². The Hall–Kier alpha value is -1.26. The van der Waals surface area contributed by atoms with Gasteiger partial charge in [0.1, 0.15) is 0 Å². The van der Waals surface area contributed by atoms with Gasteiger partial charge >= 0.3 is 0 Å². The van der Waals surface area contributed by atoms with Crippen LogP contribution in [0.2, 0.25) is 0 Å². The van der Waals surface area contributed by atoms with Crippen molar-refractivity contribution in [3.63, 3.8) is 0 Å². The first kappa shape index (κ1) is 9.83. The molecule has 0 atom stereocenters. The normalized spacial score (nSPS) is 9.85. The molecule has 0 saturated carbocycles. The highest BCUT2D eigenvalue weighted by Gasteiger charge is 2.00. The van der Waals surface area contributed by atoms with Crippen LogP contribution in [0.5, 0.6) is 0 Å². The fraction of sp³-hybridized carbons (Fsp3) is 0.333. The van der Waals surface area contributed by atoms with Gasteiger partial charge in [0, 0.05) is 19.3 Å². The summed E-state index contributed by atoms with van der Waals surface area (Å²) in [5.74, 6) is 0. The van der Waals surface area contributed by atoms with E-state index in [1.165, 1.54) is 0 Å². The van der Waals surface area contributed by atoms with Crippen LogP contribution < -0.4 is 10.1 Å². The van der Waals surface area contributed by atoms with Gasteiger partial charge in [-0.05, 0) is 31.2 Å². The molecular formula is C9H14N2O2. The van der Waals surface area contributed by atoms with E-state index in [9.17, 15) is 0 Å². The lowest BCUT2D eigenvalue weighted by molar-refractivity contribution is 0.0292. The van der Waals surface area contributed by atoms with Crippen molar-refractivity contribution < 1.29 is 10.4 Å². The van der Waals surface area contributed by atoms with Crippen LogP contribution in [0.25, 0.3) is 0 Å². The Kier molecular flexibility index (Phi) is 3.11. The standard InChI is InChI=1S/C9H14N2O2/c1-3-10(2)8-4-6-9(7-5-8)11(12)13/h4-7,12-13H,3H2,1-2H3. The lowest BCUT2D eigenvalue weighted by Gasteiger charge is -2.17. The molecule has 4 heteroatoms. The monoisotopic (exact) mass is 182 g/mol. The minimum atomic E-state index is 0.107. The van der Waals surface area contributed by atoms with Crippen LogP contribution >= 0.6 is 0 Å². The van der Waals surface area contributed by atoms with Crippen LogP contribution in [0.3, 0.4) is 0 Å². The lowest BCUT2D eigenvalue weighted by Crippen LogP contribution is -2.16. The molecule has 0 aromatic heterocycles. The van der Waals surface area contributed by atoms with E-state index in [-0.39, 0.29) is 5.23 Å². The van der Waals surface area contributed by atoms with E-state index in [4.69, 9.17) is 10.4 Å². The second-order valence-electron chi connectivity index (χ2n) is 2.82. The molecule has 0 spiro atoms. The molecule has 0 heterocycles. The number of hydrogen-bond donors (Lipinski definition) is 2. The largest absolute Gasteiger partial charge is 0.375 e. The van der Waals surface area contributed by atoms with Crippen molar-refractivity contribution in [2.45, 2.75) is 6.92 Å². The molecule has 1 aromatic rings. The molecule has 2 N–H and O–H groups in total. The zero-order valence-corrected chi connectivity index (χ0v) is 7.81. The van der Waals surface area contributed by atoms with Crippen LogP contribution in [0.4, 0.5) is 11.4 Å². The van der Waals surface area contributed by atoms with Gasteiger partial charge in [-0.15, -0.1) is 5.23 Å². The second kappa shape index (κ2) is 4.11. The summed E-state index contributed by atoms with van der Waals surface area (Å²) in [5, 5.41) is 17.5. The second-order valence-corrected chi connectivity index (χ2v) is 2.82. The molecule has 0 aliphatic heterocycles. The van der Waals surface area contributed by atoms with Gasteiger partial charge in [-0.3, -0.25) is 10.4 Å². The van der Waals surface area contributed by atoms with E-state index in [0.717, 1.165) is 12.2 Å². The summed E-state index contributed by atoms with van der Waals surface area (Å²) < 4.78 is 0. The van der Waals surface area contributed by atoms with E-state index in [2.05, 4.69) is 11.8 Å². The molecule has 0 aliphatic carbocycles. The Morgan fingerprint density at radius 2 is 1.54 bits per heavy atom. The molecule has 0 fully saturated rings. The molecular weight excluding hydrogens is 168 g/mol. The Morgan fingerprint density at radius 3 is 1.92 bits per heavy atom. The summed E-state index contributed by atoms with van der Waals surface area (Å²) in [6.45, 7) is 2.97. The van der Waals surface area contributed by atoms with E-state index >= 15 is 0 Å². The van der Waals surface area contributed by atoms with Crippen molar-refractivity contribution in [2.75, 3.05) is 23.7 Å². The van der Waals surface area contributed by atoms with E-state index in [1.807, 2.05) is 19.2 Å². The highest BCUT2D eigenvalue weighted by Crippen LogP contribution is 2.17. The minimum absolute atomic E-state index is 0.107. The maximum absolute atomic E-state index is 8.69. The van der Waals surface area contributed by atoms with E-state index < -0.39 is 0 Å². The van der Waals surface area contributed by atoms with Gasteiger partial charge in [0.05, 0.1) is 5.69 Å². The molecule has 1 aromatic carbocycles. The van der Waals surface area contributed by atoms with Gasteiger partial charge < -0.3 is 4.90 Å². The summed E-state index contributed by atoms with van der Waals surface area (Å²) in [5.41, 5.74) is 1.40. The minimum Gasteiger partial charge on any atom is -0.375 e. The molecule has 4 nitrogen and oxygen atoms in total. The molecule has 0 aliphatic rings. The third-order valence-corrected chi connectivity index (χ3v) is 2.00. The molecule has 0 amide bonds. The van der Waals surface area contributed by atoms with Gasteiger partial charge in [0.15, 0.2) is 0 Å². The molecule has 72 valence electrons. The van der Waals surface area contributed by atoms with Crippen LogP contribution in [0.15, 0.2) is 24.3 Å². The summed E-state index contributed by atoms with van der Waals surface area (Å²) >= 11 is 0. The summed E-state index contributed by atoms with van der Waals surface area (Å²) in [6.07, 6.45) is 0. The molecule has 0 radical (unpaired) electrons. The highest BCUT2D eigenvalue weighted by atomic mass is 16.8. The van der Waals surface area contributed by atoms with E-state index in [0.29, 0.717) is 5.69 Å². The van der Waals surface area contributed by atoms with Crippen molar-refractivity contribution in [1.82, 2.24) is 0 Å². The average molecular weight is 182 g/mol. The van der Waals surface area contributed by atoms with Crippen LogP contribution in [-0.2, 0) is 0 Å². The average Bonchev–Trinajstić information content (AvgIpc) is 2.17. The first-order valence-corrected chi connectivity index (χ1v) is 4.14. The third kappa shape index (κ3) is 2.34. The SMILES string of the molecule is CCN(C)c1ccc(N(O)O)cc1. The van der Waals surface area contributed by atoms with Crippen LogP contribution in [0, 0.1) is 0 Å². The smallest absolute Gasteiger partial charge is 0.0944 e. The summed E-state index contributed by atoms with van der Waals surface area (Å²) in [7, 11) is 1.98. The number of nitrogens with zero attached hydrogens (tertiary/aromatic N) is 2.